The van der Waals surface area contributed by atoms with Gasteiger partial charge in [-0.15, -0.1) is 0 Å². The number of carboxylic acid groups (broad SMARTS) is 1. The predicted octanol–water partition coefficient (Wildman–Crippen LogP) is 3.84. The van der Waals surface area contributed by atoms with Crippen LogP contribution in [0.4, 0.5) is 4.79 Å². The summed E-state index contributed by atoms with van der Waals surface area (Å²) in [5.74, 6) is -0.0456. The van der Waals surface area contributed by atoms with Crippen LogP contribution in [-0.2, 0) is 0 Å². The molecule has 5 heteroatoms. The number of hydrogen-bond acceptors (Lipinski definition) is 2. The summed E-state index contributed by atoms with van der Waals surface area (Å²) in [5.41, 5.74) is 5.00. The van der Waals surface area contributed by atoms with E-state index in [1.54, 1.807) is 4.90 Å². The molecule has 1 heterocycles. The lowest BCUT2D eigenvalue weighted by Gasteiger charge is -2.33. The zero-order valence-electron chi connectivity index (χ0n) is 15.2. The van der Waals surface area contributed by atoms with E-state index in [-0.39, 0.29) is 11.9 Å². The molecule has 0 aromatic heterocycles. The predicted molar refractivity (Wildman–Crippen MR) is 101 cm³/mol. The molecule has 0 unspecified atom stereocenters. The van der Waals surface area contributed by atoms with Crippen molar-refractivity contribution < 1.29 is 14.7 Å². The number of carbonyl (C=O) groups excluding carboxylic acids is 1. The second-order valence-corrected chi connectivity index (χ2v) is 6.88. The first-order valence-electron chi connectivity index (χ1n) is 8.91. The van der Waals surface area contributed by atoms with Gasteiger partial charge in [0.2, 0.25) is 0 Å². The topological polar surface area (TPSA) is 69.6 Å². The molecule has 1 aliphatic heterocycles. The highest BCUT2D eigenvalue weighted by molar-refractivity contribution is 6.01. The summed E-state index contributed by atoms with van der Waals surface area (Å²) in [6.45, 7) is 5.19. The van der Waals surface area contributed by atoms with Gasteiger partial charge < -0.3 is 15.3 Å². The summed E-state index contributed by atoms with van der Waals surface area (Å²) in [6, 6.07) is 13.6. The first-order chi connectivity index (χ1) is 12.5. The molecular weight excluding hydrogens is 328 g/mol. The zero-order chi connectivity index (χ0) is 18.7. The lowest BCUT2D eigenvalue weighted by molar-refractivity contribution is 0.0693. The maximum atomic E-state index is 13.1. The lowest BCUT2D eigenvalue weighted by Crippen LogP contribution is -2.49. The monoisotopic (exact) mass is 352 g/mol. The van der Waals surface area contributed by atoms with Crippen molar-refractivity contribution in [2.75, 3.05) is 13.1 Å². The fourth-order valence-electron chi connectivity index (χ4n) is 3.45. The van der Waals surface area contributed by atoms with Gasteiger partial charge in [0.1, 0.15) is 0 Å². The van der Waals surface area contributed by atoms with Gasteiger partial charge in [0.05, 0.1) is 0 Å². The van der Waals surface area contributed by atoms with E-state index in [2.05, 4.69) is 31.3 Å². The molecule has 1 atom stereocenters. The third-order valence-electron chi connectivity index (χ3n) is 5.01. The third kappa shape index (κ3) is 3.87. The number of nitrogens with zero attached hydrogens (tertiary/aromatic N) is 1. The van der Waals surface area contributed by atoms with E-state index in [1.807, 2.05) is 30.3 Å². The van der Waals surface area contributed by atoms with Crippen LogP contribution in [0.2, 0.25) is 0 Å². The standard InChI is InChI=1S/C21H24N2O3/c1-14-9-10-16(12-15(14)2)18-7-3-4-8-19(18)20(24)23-11-5-6-17(13-23)22-21(25)26/h3-4,7-10,12,17,22H,5-6,11,13H2,1-2H3,(H,25,26)/t17-/m1/s1. The van der Waals surface area contributed by atoms with E-state index in [1.165, 1.54) is 11.1 Å². The largest absolute Gasteiger partial charge is 0.465 e. The van der Waals surface area contributed by atoms with Crippen molar-refractivity contribution in [2.45, 2.75) is 32.7 Å². The molecule has 2 aromatic rings. The van der Waals surface area contributed by atoms with Crippen molar-refractivity contribution in [3.63, 3.8) is 0 Å². The number of piperidine rings is 1. The van der Waals surface area contributed by atoms with E-state index < -0.39 is 6.09 Å². The molecule has 0 saturated carbocycles. The highest BCUT2D eigenvalue weighted by Crippen LogP contribution is 2.27. The van der Waals surface area contributed by atoms with Gasteiger partial charge in [-0.05, 0) is 55.0 Å². The Labute approximate surface area is 153 Å². The van der Waals surface area contributed by atoms with Crippen molar-refractivity contribution in [1.82, 2.24) is 10.2 Å². The fraction of sp³-hybridized carbons (Fsp3) is 0.333. The Bertz CT molecular complexity index is 832. The Balaban J connectivity index is 1.88. The Morgan fingerprint density at radius 3 is 2.62 bits per heavy atom. The van der Waals surface area contributed by atoms with Gasteiger partial charge in [-0.3, -0.25) is 4.79 Å². The van der Waals surface area contributed by atoms with Crippen LogP contribution < -0.4 is 5.32 Å². The molecule has 1 saturated heterocycles. The van der Waals surface area contributed by atoms with Gasteiger partial charge in [0, 0.05) is 24.7 Å². The van der Waals surface area contributed by atoms with E-state index in [4.69, 9.17) is 5.11 Å². The average Bonchev–Trinajstić information content (AvgIpc) is 2.63. The van der Waals surface area contributed by atoms with E-state index in [0.29, 0.717) is 18.7 Å². The third-order valence-corrected chi connectivity index (χ3v) is 5.01. The molecule has 136 valence electrons. The first kappa shape index (κ1) is 18.0. The SMILES string of the molecule is Cc1ccc(-c2ccccc2C(=O)N2CCC[C@@H](NC(=O)O)C2)cc1C. The number of rotatable bonds is 3. The summed E-state index contributed by atoms with van der Waals surface area (Å²) in [6.07, 6.45) is 0.511. The number of carbonyl (C=O) groups is 2. The Morgan fingerprint density at radius 2 is 1.88 bits per heavy atom. The Hall–Kier alpha value is -2.82. The van der Waals surface area contributed by atoms with Crippen LogP contribution in [-0.4, -0.2) is 41.1 Å². The smallest absolute Gasteiger partial charge is 0.404 e. The molecule has 0 aliphatic carbocycles. The quantitative estimate of drug-likeness (QED) is 0.882. The highest BCUT2D eigenvalue weighted by Gasteiger charge is 2.26. The van der Waals surface area contributed by atoms with Crippen LogP contribution in [0.3, 0.4) is 0 Å². The van der Waals surface area contributed by atoms with Gasteiger partial charge in [0.15, 0.2) is 0 Å². The zero-order valence-corrected chi connectivity index (χ0v) is 15.2. The van der Waals surface area contributed by atoms with Crippen LogP contribution in [0.25, 0.3) is 11.1 Å². The summed E-state index contributed by atoms with van der Waals surface area (Å²) in [4.78, 5) is 25.8. The molecule has 26 heavy (non-hydrogen) atoms. The van der Waals surface area contributed by atoms with Crippen LogP contribution in [0, 0.1) is 13.8 Å². The van der Waals surface area contributed by atoms with E-state index >= 15 is 0 Å². The molecule has 2 amide bonds. The maximum absolute atomic E-state index is 13.1. The van der Waals surface area contributed by atoms with Crippen molar-refractivity contribution in [1.29, 1.82) is 0 Å². The number of nitrogens with one attached hydrogen (secondary N) is 1. The number of amides is 2. The highest BCUT2D eigenvalue weighted by atomic mass is 16.4. The average molecular weight is 352 g/mol. The van der Waals surface area contributed by atoms with Crippen LogP contribution >= 0.6 is 0 Å². The molecule has 0 bridgehead atoms. The Kier molecular flexibility index (Phi) is 5.26. The van der Waals surface area contributed by atoms with Crippen molar-refractivity contribution in [3.8, 4) is 11.1 Å². The molecule has 0 spiro atoms. The summed E-state index contributed by atoms with van der Waals surface area (Å²) in [5, 5.41) is 11.4. The molecule has 0 radical (unpaired) electrons. The van der Waals surface area contributed by atoms with Crippen molar-refractivity contribution >= 4 is 12.0 Å². The minimum Gasteiger partial charge on any atom is -0.465 e. The van der Waals surface area contributed by atoms with Gasteiger partial charge in [-0.25, -0.2) is 4.79 Å². The summed E-state index contributed by atoms with van der Waals surface area (Å²) in [7, 11) is 0. The van der Waals surface area contributed by atoms with Crippen LogP contribution in [0.15, 0.2) is 42.5 Å². The van der Waals surface area contributed by atoms with Crippen LogP contribution in [0.1, 0.15) is 34.3 Å². The van der Waals surface area contributed by atoms with E-state index in [0.717, 1.165) is 24.0 Å². The second-order valence-electron chi connectivity index (χ2n) is 6.88. The van der Waals surface area contributed by atoms with Gasteiger partial charge in [-0.1, -0.05) is 36.4 Å². The van der Waals surface area contributed by atoms with Gasteiger partial charge in [0.25, 0.3) is 5.91 Å². The first-order valence-corrected chi connectivity index (χ1v) is 8.91. The molecule has 5 nitrogen and oxygen atoms in total. The summed E-state index contributed by atoms with van der Waals surface area (Å²) < 4.78 is 0. The minimum absolute atomic E-state index is 0.0456. The number of benzene rings is 2. The number of aryl methyl sites for hydroxylation is 2. The number of likely N-dealkylation sites (tertiary alicyclic amines) is 1. The van der Waals surface area contributed by atoms with Gasteiger partial charge >= 0.3 is 6.09 Å². The summed E-state index contributed by atoms with van der Waals surface area (Å²) >= 11 is 0. The van der Waals surface area contributed by atoms with Crippen molar-refractivity contribution in [2.24, 2.45) is 0 Å². The number of hydrogen-bond donors (Lipinski definition) is 2. The molecule has 2 N–H and O–H groups in total. The van der Waals surface area contributed by atoms with Crippen molar-refractivity contribution in [3.05, 3.63) is 59.2 Å². The molecule has 3 rings (SSSR count). The molecule has 2 aromatic carbocycles. The fourth-order valence-corrected chi connectivity index (χ4v) is 3.45. The van der Waals surface area contributed by atoms with Crippen LogP contribution in [0.5, 0.6) is 0 Å². The maximum Gasteiger partial charge on any atom is 0.404 e. The molecular formula is C21H24N2O3. The minimum atomic E-state index is -1.04. The lowest BCUT2D eigenvalue weighted by atomic mass is 9.95. The van der Waals surface area contributed by atoms with E-state index in [9.17, 15) is 9.59 Å². The molecule has 1 fully saturated rings. The van der Waals surface area contributed by atoms with Gasteiger partial charge in [-0.2, -0.15) is 0 Å². The second kappa shape index (κ2) is 7.60. The Morgan fingerprint density at radius 1 is 1.12 bits per heavy atom. The molecule has 1 aliphatic rings. The normalized spacial score (nSPS) is 17.0.